The number of phenols is 1. The van der Waals surface area contributed by atoms with Crippen LogP contribution in [0.1, 0.15) is 5.56 Å². The Morgan fingerprint density at radius 3 is 2.56 bits per heavy atom. The van der Waals surface area contributed by atoms with Gasteiger partial charge in [-0.3, -0.25) is 4.99 Å². The molecular formula is C14H12INO2. The topological polar surface area (TPSA) is 41.8 Å². The molecule has 0 unspecified atom stereocenters. The number of rotatable bonds is 3. The van der Waals surface area contributed by atoms with E-state index in [0.29, 0.717) is 11.3 Å². The Hall–Kier alpha value is -1.56. The molecule has 0 aliphatic heterocycles. The lowest BCUT2D eigenvalue weighted by atomic mass is 10.2. The van der Waals surface area contributed by atoms with Crippen molar-refractivity contribution in [3.8, 4) is 11.5 Å². The molecule has 0 aliphatic rings. The van der Waals surface area contributed by atoms with E-state index in [0.717, 1.165) is 9.26 Å². The number of nitrogens with zero attached hydrogens (tertiary/aromatic N) is 1. The summed E-state index contributed by atoms with van der Waals surface area (Å²) in [4.78, 5) is 4.31. The molecule has 0 atom stereocenters. The fraction of sp³-hybridized carbons (Fsp3) is 0.0714. The van der Waals surface area contributed by atoms with E-state index >= 15 is 0 Å². The monoisotopic (exact) mass is 353 g/mol. The highest BCUT2D eigenvalue weighted by molar-refractivity contribution is 14.1. The molecule has 0 amide bonds. The predicted octanol–water partition coefficient (Wildman–Crippen LogP) is 3.76. The van der Waals surface area contributed by atoms with E-state index in [9.17, 15) is 5.11 Å². The number of aliphatic imine (C=N–C) groups is 1. The summed E-state index contributed by atoms with van der Waals surface area (Å²) in [5.41, 5.74) is 1.48. The van der Waals surface area contributed by atoms with Crippen LogP contribution in [0.2, 0.25) is 0 Å². The first-order valence-corrected chi connectivity index (χ1v) is 6.43. The smallest absolute Gasteiger partial charge is 0.124 e. The first-order valence-electron chi connectivity index (χ1n) is 5.35. The van der Waals surface area contributed by atoms with Gasteiger partial charge in [-0.1, -0.05) is 0 Å². The van der Waals surface area contributed by atoms with Gasteiger partial charge in [0.15, 0.2) is 0 Å². The molecule has 0 aromatic heterocycles. The molecule has 0 spiro atoms. The average Bonchev–Trinajstić information content (AvgIpc) is 2.40. The van der Waals surface area contributed by atoms with Crippen molar-refractivity contribution in [3.05, 3.63) is 51.6 Å². The van der Waals surface area contributed by atoms with Gasteiger partial charge in [-0.25, -0.2) is 0 Å². The van der Waals surface area contributed by atoms with Crippen LogP contribution in [0.4, 0.5) is 5.69 Å². The summed E-state index contributed by atoms with van der Waals surface area (Å²) in [5.74, 6) is 0.877. The summed E-state index contributed by atoms with van der Waals surface area (Å²) in [7, 11) is 1.59. The highest BCUT2D eigenvalue weighted by Crippen LogP contribution is 2.22. The van der Waals surface area contributed by atoms with Gasteiger partial charge >= 0.3 is 0 Å². The molecule has 18 heavy (non-hydrogen) atoms. The Bertz CT molecular complexity index is 565. The van der Waals surface area contributed by atoms with E-state index in [2.05, 4.69) is 27.6 Å². The largest absolute Gasteiger partial charge is 0.507 e. The molecule has 0 saturated carbocycles. The molecule has 0 radical (unpaired) electrons. The van der Waals surface area contributed by atoms with Crippen LogP contribution in [0.5, 0.6) is 11.5 Å². The minimum atomic E-state index is 0.185. The van der Waals surface area contributed by atoms with E-state index in [4.69, 9.17) is 4.74 Å². The maximum Gasteiger partial charge on any atom is 0.124 e. The summed E-state index contributed by atoms with van der Waals surface area (Å²) in [6, 6.07) is 12.9. The van der Waals surface area contributed by atoms with Crippen molar-refractivity contribution in [2.24, 2.45) is 4.99 Å². The summed E-state index contributed by atoms with van der Waals surface area (Å²) in [6.07, 6.45) is 1.63. The third kappa shape index (κ3) is 3.22. The fourth-order valence-electron chi connectivity index (χ4n) is 1.43. The lowest BCUT2D eigenvalue weighted by Gasteiger charge is -2.02. The highest BCUT2D eigenvalue weighted by atomic mass is 127. The zero-order chi connectivity index (χ0) is 13.0. The quantitative estimate of drug-likeness (QED) is 0.675. The lowest BCUT2D eigenvalue weighted by molar-refractivity contribution is 0.412. The summed E-state index contributed by atoms with van der Waals surface area (Å²) in [5, 5.41) is 9.70. The fourth-order valence-corrected chi connectivity index (χ4v) is 1.79. The molecule has 0 saturated heterocycles. The van der Waals surface area contributed by atoms with Crippen LogP contribution in [-0.2, 0) is 0 Å². The number of ether oxygens (including phenoxy) is 1. The number of benzene rings is 2. The van der Waals surface area contributed by atoms with Crippen LogP contribution < -0.4 is 4.74 Å². The van der Waals surface area contributed by atoms with Crippen molar-refractivity contribution in [1.29, 1.82) is 0 Å². The van der Waals surface area contributed by atoms with Gasteiger partial charge in [0.05, 0.1) is 12.8 Å². The first-order chi connectivity index (χ1) is 8.69. The number of halogens is 1. The number of hydrogen-bond donors (Lipinski definition) is 1. The van der Waals surface area contributed by atoms with E-state index in [-0.39, 0.29) is 5.75 Å². The first kappa shape index (κ1) is 12.9. The molecule has 0 aliphatic carbocycles. The van der Waals surface area contributed by atoms with Gasteiger partial charge in [-0.2, -0.15) is 0 Å². The zero-order valence-electron chi connectivity index (χ0n) is 9.80. The molecule has 1 N–H and O–H groups in total. The molecular weight excluding hydrogens is 341 g/mol. The maximum atomic E-state index is 9.70. The third-order valence-corrected chi connectivity index (χ3v) is 3.13. The van der Waals surface area contributed by atoms with Gasteiger partial charge in [0, 0.05) is 15.3 Å². The zero-order valence-corrected chi connectivity index (χ0v) is 12.0. The van der Waals surface area contributed by atoms with Crippen molar-refractivity contribution in [1.82, 2.24) is 0 Å². The Balaban J connectivity index is 2.25. The third-order valence-electron chi connectivity index (χ3n) is 2.41. The van der Waals surface area contributed by atoms with Crippen LogP contribution in [0, 0.1) is 3.57 Å². The molecule has 3 nitrogen and oxygen atoms in total. The van der Waals surface area contributed by atoms with Gasteiger partial charge in [0.2, 0.25) is 0 Å². The Labute approximate surface area is 119 Å². The van der Waals surface area contributed by atoms with Crippen molar-refractivity contribution in [3.63, 3.8) is 0 Å². The second-order valence-corrected chi connectivity index (χ2v) is 4.90. The molecule has 0 fully saturated rings. The maximum absolute atomic E-state index is 9.70. The summed E-state index contributed by atoms with van der Waals surface area (Å²) >= 11 is 2.24. The molecule has 2 rings (SSSR count). The number of aromatic hydroxyl groups is 1. The van der Waals surface area contributed by atoms with E-state index in [1.807, 2.05) is 24.3 Å². The summed E-state index contributed by atoms with van der Waals surface area (Å²) < 4.78 is 6.27. The van der Waals surface area contributed by atoms with Gasteiger partial charge in [0.1, 0.15) is 11.5 Å². The van der Waals surface area contributed by atoms with Gasteiger partial charge < -0.3 is 9.84 Å². The van der Waals surface area contributed by atoms with E-state index in [1.165, 1.54) is 0 Å². The average molecular weight is 353 g/mol. The predicted molar refractivity (Wildman–Crippen MR) is 81.1 cm³/mol. The van der Waals surface area contributed by atoms with Crippen molar-refractivity contribution in [2.75, 3.05) is 7.11 Å². The SMILES string of the molecule is COc1ccc(O)c(C=Nc2ccc(I)cc2)c1. The van der Waals surface area contributed by atoms with Crippen LogP contribution in [0.25, 0.3) is 0 Å². The molecule has 92 valence electrons. The Morgan fingerprint density at radius 1 is 1.17 bits per heavy atom. The normalized spacial score (nSPS) is 10.8. The molecule has 2 aromatic rings. The number of hydrogen-bond acceptors (Lipinski definition) is 3. The lowest BCUT2D eigenvalue weighted by Crippen LogP contribution is -1.87. The number of phenolic OH excluding ortho intramolecular Hbond substituents is 1. The second-order valence-electron chi connectivity index (χ2n) is 3.66. The van der Waals surface area contributed by atoms with Gasteiger partial charge in [0.25, 0.3) is 0 Å². The Morgan fingerprint density at radius 2 is 1.89 bits per heavy atom. The molecule has 2 aromatic carbocycles. The highest BCUT2D eigenvalue weighted by Gasteiger charge is 2.00. The van der Waals surface area contributed by atoms with Crippen LogP contribution in [-0.4, -0.2) is 18.4 Å². The minimum absolute atomic E-state index is 0.185. The van der Waals surface area contributed by atoms with Gasteiger partial charge in [-0.05, 0) is 65.1 Å². The van der Waals surface area contributed by atoms with Crippen LogP contribution >= 0.6 is 22.6 Å². The summed E-state index contributed by atoms with van der Waals surface area (Å²) in [6.45, 7) is 0. The van der Waals surface area contributed by atoms with Crippen molar-refractivity contribution < 1.29 is 9.84 Å². The van der Waals surface area contributed by atoms with Crippen LogP contribution in [0.3, 0.4) is 0 Å². The van der Waals surface area contributed by atoms with E-state index < -0.39 is 0 Å². The molecule has 0 bridgehead atoms. The second kappa shape index (κ2) is 5.86. The van der Waals surface area contributed by atoms with Crippen molar-refractivity contribution >= 4 is 34.5 Å². The number of methoxy groups -OCH3 is 1. The minimum Gasteiger partial charge on any atom is -0.507 e. The van der Waals surface area contributed by atoms with Crippen molar-refractivity contribution in [2.45, 2.75) is 0 Å². The Kier molecular flexibility index (Phi) is 4.19. The van der Waals surface area contributed by atoms with Gasteiger partial charge in [-0.15, -0.1) is 0 Å². The van der Waals surface area contributed by atoms with E-state index in [1.54, 1.807) is 31.5 Å². The molecule has 0 heterocycles. The standard InChI is InChI=1S/C14H12INO2/c1-18-13-6-7-14(17)10(8-13)9-16-12-4-2-11(15)3-5-12/h2-9,17H,1H3. The molecule has 4 heteroatoms. The van der Waals surface area contributed by atoms with Crippen LogP contribution in [0.15, 0.2) is 47.5 Å².